The van der Waals surface area contributed by atoms with Crippen molar-refractivity contribution in [1.82, 2.24) is 9.80 Å². The molecule has 0 amide bonds. The third kappa shape index (κ3) is 7.82. The second kappa shape index (κ2) is 11.3. The minimum atomic E-state index is -0.0166. The fourth-order valence-corrected chi connectivity index (χ4v) is 5.45. The first-order chi connectivity index (χ1) is 10.8. The number of nitrogens with zero attached hydrogens (tertiary/aromatic N) is 2. The SMILES string of the molecule is CC(=CN1CCCCCCC1)[SiH2]CCN1CCCCCCC1. The van der Waals surface area contributed by atoms with Gasteiger partial charge in [-0.15, -0.1) is 0 Å². The Labute approximate surface area is 141 Å². The summed E-state index contributed by atoms with van der Waals surface area (Å²) in [4.78, 5) is 5.37. The summed E-state index contributed by atoms with van der Waals surface area (Å²) in [6, 6.07) is 1.48. The maximum absolute atomic E-state index is 2.75. The predicted octanol–water partition coefficient (Wildman–Crippen LogP) is 3.97. The van der Waals surface area contributed by atoms with E-state index in [-0.39, 0.29) is 9.52 Å². The van der Waals surface area contributed by atoms with Crippen LogP contribution >= 0.6 is 0 Å². The van der Waals surface area contributed by atoms with Crippen molar-refractivity contribution in [2.45, 2.75) is 77.2 Å². The lowest BCUT2D eigenvalue weighted by molar-refractivity contribution is 0.259. The number of hydrogen-bond donors (Lipinski definition) is 0. The summed E-state index contributed by atoms with van der Waals surface area (Å²) < 4.78 is 0. The first-order valence-electron chi connectivity index (χ1n) is 9.98. The molecule has 2 heterocycles. The molecule has 0 aromatic rings. The van der Waals surface area contributed by atoms with E-state index in [0.717, 1.165) is 0 Å². The molecule has 0 bridgehead atoms. The zero-order valence-corrected chi connectivity index (χ0v) is 16.4. The minimum Gasteiger partial charge on any atom is -0.378 e. The molecule has 0 spiro atoms. The Morgan fingerprint density at radius 2 is 1.27 bits per heavy atom. The van der Waals surface area contributed by atoms with Gasteiger partial charge in [-0.25, -0.2) is 0 Å². The first kappa shape index (κ1) is 18.1. The van der Waals surface area contributed by atoms with Gasteiger partial charge in [0, 0.05) is 13.1 Å². The third-order valence-electron chi connectivity index (χ3n) is 5.29. The average molecular weight is 323 g/mol. The molecule has 0 aromatic carbocycles. The second-order valence-electron chi connectivity index (χ2n) is 7.49. The number of rotatable bonds is 5. The van der Waals surface area contributed by atoms with Gasteiger partial charge < -0.3 is 9.80 Å². The van der Waals surface area contributed by atoms with E-state index in [2.05, 4.69) is 22.9 Å². The van der Waals surface area contributed by atoms with Crippen LogP contribution in [-0.2, 0) is 0 Å². The Hall–Kier alpha value is -0.283. The molecule has 2 nitrogen and oxygen atoms in total. The summed E-state index contributed by atoms with van der Waals surface area (Å²) in [7, 11) is -0.0166. The average Bonchev–Trinajstić information content (AvgIpc) is 2.44. The summed E-state index contributed by atoms with van der Waals surface area (Å²) in [5.74, 6) is 0. The van der Waals surface area contributed by atoms with Crippen LogP contribution in [0.2, 0.25) is 6.04 Å². The zero-order valence-electron chi connectivity index (χ0n) is 15.0. The van der Waals surface area contributed by atoms with Gasteiger partial charge in [0.25, 0.3) is 0 Å². The smallest absolute Gasteiger partial charge is 0.0523 e. The molecular weight excluding hydrogens is 284 g/mol. The van der Waals surface area contributed by atoms with Crippen molar-refractivity contribution in [2.24, 2.45) is 0 Å². The van der Waals surface area contributed by atoms with E-state index in [1.54, 1.807) is 5.20 Å². The normalized spacial score (nSPS) is 24.0. The summed E-state index contributed by atoms with van der Waals surface area (Å²) in [5.41, 5.74) is 0. The van der Waals surface area contributed by atoms with E-state index in [9.17, 15) is 0 Å². The quantitative estimate of drug-likeness (QED) is 0.707. The molecule has 0 unspecified atom stereocenters. The molecule has 0 aromatic heterocycles. The van der Waals surface area contributed by atoms with Crippen LogP contribution < -0.4 is 0 Å². The van der Waals surface area contributed by atoms with Crippen molar-refractivity contribution in [2.75, 3.05) is 32.7 Å². The van der Waals surface area contributed by atoms with Gasteiger partial charge in [0.15, 0.2) is 0 Å². The number of allylic oxidation sites excluding steroid dienone is 1. The molecule has 2 aliphatic heterocycles. The van der Waals surface area contributed by atoms with Gasteiger partial charge in [-0.3, -0.25) is 0 Å². The molecule has 0 saturated carbocycles. The lowest BCUT2D eigenvalue weighted by Crippen LogP contribution is -2.29. The molecule has 3 heteroatoms. The van der Waals surface area contributed by atoms with E-state index >= 15 is 0 Å². The highest BCUT2D eigenvalue weighted by Crippen LogP contribution is 2.13. The van der Waals surface area contributed by atoms with E-state index in [1.165, 1.54) is 103 Å². The fourth-order valence-electron chi connectivity index (χ4n) is 3.90. The van der Waals surface area contributed by atoms with Crippen LogP contribution in [0.25, 0.3) is 0 Å². The highest BCUT2D eigenvalue weighted by Gasteiger charge is 2.08. The third-order valence-corrected chi connectivity index (χ3v) is 6.93. The first-order valence-corrected chi connectivity index (χ1v) is 11.7. The van der Waals surface area contributed by atoms with Crippen molar-refractivity contribution < 1.29 is 0 Å². The second-order valence-corrected chi connectivity index (χ2v) is 9.81. The zero-order chi connectivity index (χ0) is 15.5. The van der Waals surface area contributed by atoms with Crippen LogP contribution in [0.4, 0.5) is 0 Å². The standard InChI is InChI=1S/C19H38N2Si/c1-19(18-21-14-10-6-3-7-11-15-21)22-17-16-20-12-8-4-2-5-9-13-20/h18H,2-17,22H2,1H3. The molecule has 2 saturated heterocycles. The fraction of sp³-hybridized carbons (Fsp3) is 0.895. The lowest BCUT2D eigenvalue weighted by atomic mass is 10.1. The Morgan fingerprint density at radius 1 is 0.773 bits per heavy atom. The van der Waals surface area contributed by atoms with Crippen LogP contribution in [-0.4, -0.2) is 52.0 Å². The monoisotopic (exact) mass is 322 g/mol. The maximum Gasteiger partial charge on any atom is 0.0523 e. The molecule has 0 radical (unpaired) electrons. The van der Waals surface area contributed by atoms with Crippen molar-refractivity contribution in [3.05, 3.63) is 11.4 Å². The number of hydrogen-bond acceptors (Lipinski definition) is 2. The van der Waals surface area contributed by atoms with Crippen molar-refractivity contribution >= 4 is 9.52 Å². The van der Waals surface area contributed by atoms with E-state index in [1.807, 2.05) is 0 Å². The molecule has 2 aliphatic rings. The molecule has 22 heavy (non-hydrogen) atoms. The summed E-state index contributed by atoms with van der Waals surface area (Å²) in [5, 5.41) is 1.73. The van der Waals surface area contributed by atoms with Gasteiger partial charge in [0.1, 0.15) is 0 Å². The lowest BCUT2D eigenvalue weighted by Gasteiger charge is -2.25. The topological polar surface area (TPSA) is 6.48 Å². The van der Waals surface area contributed by atoms with Crippen LogP contribution in [0.1, 0.15) is 71.1 Å². The highest BCUT2D eigenvalue weighted by molar-refractivity contribution is 6.45. The van der Waals surface area contributed by atoms with E-state index in [0.29, 0.717) is 0 Å². The molecule has 128 valence electrons. The van der Waals surface area contributed by atoms with Crippen molar-refractivity contribution in [3.63, 3.8) is 0 Å². The predicted molar refractivity (Wildman–Crippen MR) is 101 cm³/mol. The molecule has 0 atom stereocenters. The summed E-state index contributed by atoms with van der Waals surface area (Å²) in [6.07, 6.45) is 16.9. The van der Waals surface area contributed by atoms with Gasteiger partial charge in [-0.05, 0) is 64.5 Å². The minimum absolute atomic E-state index is 0.0166. The number of likely N-dealkylation sites (tertiary alicyclic amines) is 2. The van der Waals surface area contributed by atoms with Crippen LogP contribution in [0.3, 0.4) is 0 Å². The largest absolute Gasteiger partial charge is 0.378 e. The van der Waals surface area contributed by atoms with E-state index < -0.39 is 0 Å². The summed E-state index contributed by atoms with van der Waals surface area (Å²) in [6.45, 7) is 9.11. The molecule has 0 N–H and O–H groups in total. The Kier molecular flexibility index (Phi) is 9.26. The van der Waals surface area contributed by atoms with E-state index in [4.69, 9.17) is 0 Å². The molecule has 2 rings (SSSR count). The molecular formula is C19H38N2Si. The van der Waals surface area contributed by atoms with Gasteiger partial charge in [-0.2, -0.15) is 0 Å². The van der Waals surface area contributed by atoms with Gasteiger partial charge in [0.2, 0.25) is 0 Å². The maximum atomic E-state index is 2.75. The van der Waals surface area contributed by atoms with Crippen LogP contribution in [0.5, 0.6) is 0 Å². The van der Waals surface area contributed by atoms with Gasteiger partial charge in [0.05, 0.1) is 9.52 Å². The Balaban J connectivity index is 1.64. The Bertz CT molecular complexity index is 301. The van der Waals surface area contributed by atoms with Gasteiger partial charge >= 0.3 is 0 Å². The Morgan fingerprint density at radius 3 is 1.86 bits per heavy atom. The molecule has 2 fully saturated rings. The summed E-state index contributed by atoms with van der Waals surface area (Å²) >= 11 is 0. The van der Waals surface area contributed by atoms with Crippen molar-refractivity contribution in [1.29, 1.82) is 0 Å². The highest BCUT2D eigenvalue weighted by atomic mass is 28.2. The van der Waals surface area contributed by atoms with Crippen molar-refractivity contribution in [3.8, 4) is 0 Å². The van der Waals surface area contributed by atoms with Crippen LogP contribution in [0, 0.1) is 0 Å². The van der Waals surface area contributed by atoms with Gasteiger partial charge in [-0.1, -0.05) is 43.7 Å². The van der Waals surface area contributed by atoms with Crippen LogP contribution in [0.15, 0.2) is 11.4 Å². The molecule has 0 aliphatic carbocycles.